The largest absolute Gasteiger partial charge is 0.353 e. The van der Waals surface area contributed by atoms with Crippen LogP contribution in [0.5, 0.6) is 0 Å². The predicted octanol–water partition coefficient (Wildman–Crippen LogP) is 12.8. The van der Waals surface area contributed by atoms with Gasteiger partial charge < -0.3 is 24.8 Å². The van der Waals surface area contributed by atoms with Crippen LogP contribution in [0, 0.1) is 34.9 Å². The van der Waals surface area contributed by atoms with Crippen LogP contribution in [0.1, 0.15) is 134 Å². The highest BCUT2D eigenvalue weighted by Gasteiger charge is 2.35. The summed E-state index contributed by atoms with van der Waals surface area (Å²) in [7, 11) is 3.24. The van der Waals surface area contributed by atoms with E-state index in [0.29, 0.717) is 48.2 Å². The molecule has 0 saturated heterocycles. The molecule has 0 radical (unpaired) electrons. The smallest absolute Gasteiger partial charge is 0.282 e. The number of hydrogen-bond acceptors (Lipinski definition) is 5. The van der Waals surface area contributed by atoms with Crippen molar-refractivity contribution in [2.45, 2.75) is 134 Å². The van der Waals surface area contributed by atoms with Crippen LogP contribution in [0.2, 0.25) is 0 Å². The molecule has 2 unspecified atom stereocenters. The Balaban J connectivity index is 0.000000311. The summed E-state index contributed by atoms with van der Waals surface area (Å²) in [5, 5.41) is 29.2. The molecule has 0 fully saturated rings. The quantitative estimate of drug-likeness (QED) is 0.0418. The molecule has 0 amide bonds. The summed E-state index contributed by atoms with van der Waals surface area (Å²) in [5.41, 5.74) is 1.38. The minimum absolute atomic E-state index is 0.0318. The van der Waals surface area contributed by atoms with Gasteiger partial charge in [-0.15, -0.1) is 0 Å². The normalized spacial score (nSPS) is 12.9. The first kappa shape index (κ1) is 48.6. The molecule has 0 aliphatic carbocycles. The van der Waals surface area contributed by atoms with Gasteiger partial charge >= 0.3 is 0 Å². The van der Waals surface area contributed by atoms with Crippen LogP contribution in [-0.2, 0) is 9.47 Å². The van der Waals surface area contributed by atoms with Gasteiger partial charge in [0.2, 0.25) is 0 Å². The number of hydrogen-bond donors (Lipinski definition) is 3. The van der Waals surface area contributed by atoms with Crippen molar-refractivity contribution in [1.29, 1.82) is 0 Å². The number of rotatable bonds is 22. The van der Waals surface area contributed by atoms with Gasteiger partial charge in [-0.1, -0.05) is 139 Å². The van der Waals surface area contributed by atoms with Crippen LogP contribution in [0.25, 0.3) is 22.3 Å². The van der Waals surface area contributed by atoms with Crippen molar-refractivity contribution < 1.29 is 51.1 Å². The van der Waals surface area contributed by atoms with Crippen LogP contribution < -0.4 is 0 Å². The van der Waals surface area contributed by atoms with Gasteiger partial charge in [0, 0.05) is 44.4 Å². The van der Waals surface area contributed by atoms with Gasteiger partial charge in [-0.2, -0.15) is 0 Å². The first-order valence-electron chi connectivity index (χ1n) is 20.4. The third-order valence-electron chi connectivity index (χ3n) is 10.8. The summed E-state index contributed by atoms with van der Waals surface area (Å²) >= 11 is 0. The van der Waals surface area contributed by atoms with Crippen LogP contribution in [0.15, 0.2) is 72.8 Å². The predicted molar refractivity (Wildman–Crippen MR) is 217 cm³/mol. The average molecular weight is 819 g/mol. The monoisotopic (exact) mass is 818 g/mol. The molecule has 0 aliphatic rings. The zero-order chi connectivity index (χ0) is 42.9. The maximum absolute atomic E-state index is 14.1. The van der Waals surface area contributed by atoms with E-state index in [1.54, 1.807) is 26.4 Å². The molecular weight excluding hydrogens is 759 g/mol. The number of benzene rings is 4. The molecule has 0 spiro atoms. The second-order valence-corrected chi connectivity index (χ2v) is 15.1. The Morgan fingerprint density at radius 3 is 1.12 bits per heavy atom. The molecule has 0 aliphatic heterocycles. The lowest BCUT2D eigenvalue weighted by Crippen LogP contribution is -2.37. The molecule has 5 nitrogen and oxygen atoms in total. The van der Waals surface area contributed by atoms with Gasteiger partial charge in [-0.25, -0.2) is 26.3 Å². The Morgan fingerprint density at radius 1 is 0.483 bits per heavy atom. The summed E-state index contributed by atoms with van der Waals surface area (Å²) in [6, 6.07) is 15.4. The van der Waals surface area contributed by atoms with E-state index in [4.69, 9.17) is 9.47 Å². The highest BCUT2D eigenvalue weighted by Crippen LogP contribution is 2.38. The van der Waals surface area contributed by atoms with Crippen LogP contribution in [0.3, 0.4) is 0 Å². The third-order valence-corrected chi connectivity index (χ3v) is 10.8. The van der Waals surface area contributed by atoms with Crippen molar-refractivity contribution in [1.82, 2.24) is 0 Å². The highest BCUT2D eigenvalue weighted by molar-refractivity contribution is 5.66. The lowest BCUT2D eigenvalue weighted by atomic mass is 9.85. The highest BCUT2D eigenvalue weighted by atomic mass is 19.2. The molecule has 0 heterocycles. The van der Waals surface area contributed by atoms with Gasteiger partial charge in [0.05, 0.1) is 17.0 Å². The van der Waals surface area contributed by atoms with Gasteiger partial charge in [0.25, 0.3) is 5.97 Å². The molecule has 320 valence electrons. The fourth-order valence-corrected chi connectivity index (χ4v) is 7.34. The Labute approximate surface area is 340 Å². The Hall–Kier alpha value is -3.74. The molecule has 0 aromatic heterocycles. The van der Waals surface area contributed by atoms with E-state index in [1.165, 1.54) is 49.9 Å². The Kier molecular flexibility index (Phi) is 19.9. The van der Waals surface area contributed by atoms with Crippen molar-refractivity contribution in [3.8, 4) is 22.3 Å². The molecule has 0 saturated carbocycles. The Morgan fingerprint density at radius 2 is 0.793 bits per heavy atom. The standard InChI is InChI=1S/C25H33F3O2.C22H27F3O3/c1-5-6-7-8-9-10-11-21(25(2,29-3)30-4)18-12-14-19(15-13-18)24-22(27)16-20(26)17-23(24)28;1-2-3-4-5-6-7-8-18(22(26,27)28)15-9-11-16(12-10-15)21-19(24)13-17(23)14-20(21)25/h12-17,21H,5-11H2,1-4H3;9-14,18,26-28H,2-8H2,1H3. The van der Waals surface area contributed by atoms with Gasteiger partial charge in [-0.05, 0) is 42.0 Å². The molecule has 0 bridgehead atoms. The summed E-state index contributed by atoms with van der Waals surface area (Å²) in [6.45, 7) is 6.23. The maximum atomic E-state index is 14.1. The number of unbranched alkanes of at least 4 members (excludes halogenated alkanes) is 10. The van der Waals surface area contributed by atoms with Crippen LogP contribution >= 0.6 is 0 Å². The van der Waals surface area contributed by atoms with E-state index >= 15 is 0 Å². The topological polar surface area (TPSA) is 79.2 Å². The lowest BCUT2D eigenvalue weighted by molar-refractivity contribution is -0.326. The zero-order valence-electron chi connectivity index (χ0n) is 34.4. The van der Waals surface area contributed by atoms with Crippen molar-refractivity contribution in [3.63, 3.8) is 0 Å². The summed E-state index contributed by atoms with van der Waals surface area (Å²) < 4.78 is 93.8. The molecule has 4 aromatic carbocycles. The fraction of sp³-hybridized carbons (Fsp3) is 0.489. The number of ether oxygens (including phenoxy) is 2. The molecular formula is C47H60F6O5. The second-order valence-electron chi connectivity index (χ2n) is 15.1. The number of aliphatic hydroxyl groups is 3. The van der Waals surface area contributed by atoms with Crippen molar-refractivity contribution in [2.75, 3.05) is 14.2 Å². The summed E-state index contributed by atoms with van der Waals surface area (Å²) in [4.78, 5) is 0. The molecule has 2 atom stereocenters. The molecule has 4 aromatic rings. The summed E-state index contributed by atoms with van der Waals surface area (Å²) in [6.07, 6.45) is 14.4. The SMILES string of the molecule is CCCCCCCCC(c1ccc(-c2c(F)cc(F)cc2F)cc1)C(C)(OC)OC.CCCCCCCCC(c1ccc(-c2c(F)cc(F)cc2F)cc1)C(O)(O)O. The molecule has 11 heteroatoms. The Bertz CT molecular complexity index is 1760. The fourth-order valence-electron chi connectivity index (χ4n) is 7.34. The molecule has 58 heavy (non-hydrogen) atoms. The van der Waals surface area contributed by atoms with Crippen molar-refractivity contribution in [2.24, 2.45) is 0 Å². The van der Waals surface area contributed by atoms with Gasteiger partial charge in [-0.3, -0.25) is 0 Å². The van der Waals surface area contributed by atoms with E-state index in [2.05, 4.69) is 13.8 Å². The van der Waals surface area contributed by atoms with E-state index < -0.39 is 52.6 Å². The number of methoxy groups -OCH3 is 2. The first-order valence-corrected chi connectivity index (χ1v) is 20.4. The third kappa shape index (κ3) is 14.2. The summed E-state index contributed by atoms with van der Waals surface area (Å²) in [5.74, 6) is -10.5. The van der Waals surface area contributed by atoms with E-state index in [-0.39, 0.29) is 22.6 Å². The first-order chi connectivity index (χ1) is 27.6. The molecule has 4 rings (SSSR count). The van der Waals surface area contributed by atoms with Crippen LogP contribution in [0.4, 0.5) is 26.3 Å². The van der Waals surface area contributed by atoms with Crippen molar-refractivity contribution >= 4 is 0 Å². The maximum Gasteiger partial charge on any atom is 0.282 e. The van der Waals surface area contributed by atoms with E-state index in [9.17, 15) is 41.7 Å². The second kappa shape index (κ2) is 23.7. The van der Waals surface area contributed by atoms with Crippen LogP contribution in [-0.4, -0.2) is 41.3 Å². The van der Waals surface area contributed by atoms with E-state index in [1.807, 2.05) is 19.1 Å². The number of halogens is 6. The zero-order valence-corrected chi connectivity index (χ0v) is 34.4. The lowest BCUT2D eigenvalue weighted by Gasteiger charge is -2.35. The van der Waals surface area contributed by atoms with Gasteiger partial charge in [0.1, 0.15) is 34.9 Å². The average Bonchev–Trinajstić information content (AvgIpc) is 3.17. The minimum atomic E-state index is -2.89. The van der Waals surface area contributed by atoms with Gasteiger partial charge in [0.15, 0.2) is 5.79 Å². The minimum Gasteiger partial charge on any atom is -0.353 e. The van der Waals surface area contributed by atoms with Crippen molar-refractivity contribution in [3.05, 3.63) is 119 Å². The van der Waals surface area contributed by atoms with E-state index in [0.717, 1.165) is 56.9 Å². The molecule has 3 N–H and O–H groups in total.